The van der Waals surface area contributed by atoms with Gasteiger partial charge < -0.3 is 11.1 Å². The molecule has 1 heterocycles. The summed E-state index contributed by atoms with van der Waals surface area (Å²) < 4.78 is 0. The number of hydrogen-bond donors (Lipinski definition) is 2. The standard InChI is InChI=1S/C9H17N3O2S/c1-7(4-10)5-15-6-8(13)12-3-2-11-9(12)14/h7H,2-6,10H2,1H3,(H,11,14). The summed E-state index contributed by atoms with van der Waals surface area (Å²) in [4.78, 5) is 23.9. The zero-order chi connectivity index (χ0) is 11.3. The molecule has 3 N–H and O–H groups in total. The van der Waals surface area contributed by atoms with Crippen molar-refractivity contribution >= 4 is 23.7 Å². The lowest BCUT2D eigenvalue weighted by Crippen LogP contribution is -2.35. The minimum atomic E-state index is -0.271. The van der Waals surface area contributed by atoms with Gasteiger partial charge in [-0.2, -0.15) is 11.8 Å². The molecule has 6 heteroatoms. The fourth-order valence-electron chi connectivity index (χ4n) is 1.20. The van der Waals surface area contributed by atoms with E-state index in [4.69, 9.17) is 5.73 Å². The minimum Gasteiger partial charge on any atom is -0.336 e. The Labute approximate surface area is 93.7 Å². The van der Waals surface area contributed by atoms with E-state index >= 15 is 0 Å². The first-order chi connectivity index (χ1) is 7.15. The van der Waals surface area contributed by atoms with Crippen LogP contribution in [0.4, 0.5) is 4.79 Å². The lowest BCUT2D eigenvalue weighted by molar-refractivity contribution is -0.124. The highest BCUT2D eigenvalue weighted by atomic mass is 32.2. The molecule has 0 aliphatic carbocycles. The highest BCUT2D eigenvalue weighted by molar-refractivity contribution is 7.99. The van der Waals surface area contributed by atoms with Crippen molar-refractivity contribution in [2.45, 2.75) is 6.92 Å². The fraction of sp³-hybridized carbons (Fsp3) is 0.778. The molecule has 0 aromatic rings. The van der Waals surface area contributed by atoms with Gasteiger partial charge in [0.2, 0.25) is 5.91 Å². The smallest absolute Gasteiger partial charge is 0.324 e. The summed E-state index contributed by atoms with van der Waals surface area (Å²) in [6.07, 6.45) is 0. The molecule has 1 fully saturated rings. The van der Waals surface area contributed by atoms with Gasteiger partial charge in [0, 0.05) is 13.1 Å². The second-order valence-corrected chi connectivity index (χ2v) is 4.66. The van der Waals surface area contributed by atoms with Crippen LogP contribution in [0.15, 0.2) is 0 Å². The van der Waals surface area contributed by atoms with Gasteiger partial charge in [-0.3, -0.25) is 9.69 Å². The molecule has 1 unspecified atom stereocenters. The zero-order valence-electron chi connectivity index (χ0n) is 8.86. The van der Waals surface area contributed by atoms with E-state index in [1.54, 1.807) is 0 Å². The molecule has 0 spiro atoms. The van der Waals surface area contributed by atoms with Crippen LogP contribution in [0.2, 0.25) is 0 Å². The summed E-state index contributed by atoms with van der Waals surface area (Å²) in [6.45, 7) is 3.73. The topological polar surface area (TPSA) is 75.4 Å². The van der Waals surface area contributed by atoms with Crippen LogP contribution in [0.3, 0.4) is 0 Å². The van der Waals surface area contributed by atoms with E-state index in [9.17, 15) is 9.59 Å². The van der Waals surface area contributed by atoms with Crippen LogP contribution in [-0.2, 0) is 4.79 Å². The SMILES string of the molecule is CC(CN)CSCC(=O)N1CCNC1=O. The molecule has 86 valence electrons. The van der Waals surface area contributed by atoms with Crippen molar-refractivity contribution in [1.29, 1.82) is 0 Å². The average molecular weight is 231 g/mol. The molecule has 1 saturated heterocycles. The van der Waals surface area contributed by atoms with Crippen molar-refractivity contribution in [3.05, 3.63) is 0 Å². The molecular formula is C9H17N3O2S. The number of urea groups is 1. The van der Waals surface area contributed by atoms with E-state index in [0.717, 1.165) is 5.75 Å². The number of amides is 3. The summed E-state index contributed by atoms with van der Waals surface area (Å²) in [5, 5.41) is 2.60. The summed E-state index contributed by atoms with van der Waals surface area (Å²) in [5.74, 6) is 1.52. The first kappa shape index (κ1) is 12.3. The molecule has 1 rings (SSSR count). The molecular weight excluding hydrogens is 214 g/mol. The Morgan fingerprint density at radius 3 is 3.00 bits per heavy atom. The maximum atomic E-state index is 11.5. The quantitative estimate of drug-likeness (QED) is 0.691. The monoisotopic (exact) mass is 231 g/mol. The van der Waals surface area contributed by atoms with Crippen LogP contribution in [0.5, 0.6) is 0 Å². The van der Waals surface area contributed by atoms with Gasteiger partial charge in [-0.15, -0.1) is 0 Å². The van der Waals surface area contributed by atoms with Crippen LogP contribution in [0.25, 0.3) is 0 Å². The van der Waals surface area contributed by atoms with Crippen molar-refractivity contribution in [3.63, 3.8) is 0 Å². The van der Waals surface area contributed by atoms with E-state index in [1.807, 2.05) is 6.92 Å². The Hall–Kier alpha value is -0.750. The van der Waals surface area contributed by atoms with Gasteiger partial charge in [-0.25, -0.2) is 4.79 Å². The first-order valence-electron chi connectivity index (χ1n) is 5.01. The molecule has 1 atom stereocenters. The van der Waals surface area contributed by atoms with Gasteiger partial charge in [0.05, 0.1) is 5.75 Å². The first-order valence-corrected chi connectivity index (χ1v) is 6.16. The summed E-state index contributed by atoms with van der Waals surface area (Å²) >= 11 is 1.53. The van der Waals surface area contributed by atoms with E-state index in [1.165, 1.54) is 16.7 Å². The van der Waals surface area contributed by atoms with Crippen molar-refractivity contribution in [1.82, 2.24) is 10.2 Å². The molecule has 15 heavy (non-hydrogen) atoms. The summed E-state index contributed by atoms with van der Waals surface area (Å²) in [5.41, 5.74) is 5.46. The minimum absolute atomic E-state index is 0.112. The Kier molecular flexibility index (Phi) is 4.90. The van der Waals surface area contributed by atoms with Crippen molar-refractivity contribution in [2.75, 3.05) is 31.1 Å². The molecule has 0 saturated carbocycles. The normalized spacial score (nSPS) is 17.7. The number of nitrogens with two attached hydrogens (primary N) is 1. The number of nitrogens with zero attached hydrogens (tertiary/aromatic N) is 1. The maximum absolute atomic E-state index is 11.5. The molecule has 0 aromatic heterocycles. The lowest BCUT2D eigenvalue weighted by Gasteiger charge is -2.12. The number of carbonyl (C=O) groups is 2. The number of nitrogens with one attached hydrogen (secondary N) is 1. The predicted octanol–water partition coefficient (Wildman–Crippen LogP) is -0.134. The van der Waals surface area contributed by atoms with E-state index in [0.29, 0.717) is 31.3 Å². The van der Waals surface area contributed by atoms with Crippen LogP contribution in [0, 0.1) is 5.92 Å². The largest absolute Gasteiger partial charge is 0.336 e. The molecule has 0 bridgehead atoms. The molecule has 3 amide bonds. The third-order valence-corrected chi connectivity index (χ3v) is 3.44. The van der Waals surface area contributed by atoms with Crippen LogP contribution >= 0.6 is 11.8 Å². The third kappa shape index (κ3) is 3.71. The average Bonchev–Trinajstić information content (AvgIpc) is 2.64. The highest BCUT2D eigenvalue weighted by Gasteiger charge is 2.25. The number of carbonyl (C=O) groups excluding carboxylic acids is 2. The molecule has 0 radical (unpaired) electrons. The van der Waals surface area contributed by atoms with Crippen LogP contribution in [0.1, 0.15) is 6.92 Å². The highest BCUT2D eigenvalue weighted by Crippen LogP contribution is 2.09. The van der Waals surface area contributed by atoms with E-state index in [-0.39, 0.29) is 11.9 Å². The van der Waals surface area contributed by atoms with E-state index in [2.05, 4.69) is 5.32 Å². The zero-order valence-corrected chi connectivity index (χ0v) is 9.68. The van der Waals surface area contributed by atoms with Gasteiger partial charge >= 0.3 is 6.03 Å². The number of hydrogen-bond acceptors (Lipinski definition) is 4. The van der Waals surface area contributed by atoms with Crippen LogP contribution < -0.4 is 11.1 Å². The Morgan fingerprint density at radius 1 is 1.73 bits per heavy atom. The fourth-order valence-corrected chi connectivity index (χ4v) is 2.19. The summed E-state index contributed by atoms with van der Waals surface area (Å²) in [7, 11) is 0. The van der Waals surface area contributed by atoms with Crippen molar-refractivity contribution < 1.29 is 9.59 Å². The van der Waals surface area contributed by atoms with Crippen molar-refractivity contribution in [3.8, 4) is 0 Å². The maximum Gasteiger partial charge on any atom is 0.324 e. The van der Waals surface area contributed by atoms with Gasteiger partial charge in [0.1, 0.15) is 0 Å². The Balaban J connectivity index is 2.21. The van der Waals surface area contributed by atoms with Crippen molar-refractivity contribution in [2.24, 2.45) is 11.7 Å². The summed E-state index contributed by atoms with van der Waals surface area (Å²) in [6, 6.07) is -0.271. The van der Waals surface area contributed by atoms with E-state index < -0.39 is 0 Å². The molecule has 1 aliphatic heterocycles. The van der Waals surface area contributed by atoms with Gasteiger partial charge in [-0.05, 0) is 18.2 Å². The number of imide groups is 1. The third-order valence-electron chi connectivity index (χ3n) is 2.19. The van der Waals surface area contributed by atoms with Gasteiger partial charge in [0.15, 0.2) is 0 Å². The molecule has 0 aromatic carbocycles. The van der Waals surface area contributed by atoms with Gasteiger partial charge in [-0.1, -0.05) is 6.92 Å². The Bertz CT molecular complexity index is 248. The number of rotatable bonds is 5. The molecule has 5 nitrogen and oxygen atoms in total. The lowest BCUT2D eigenvalue weighted by atomic mass is 10.2. The molecule has 1 aliphatic rings. The predicted molar refractivity (Wildman–Crippen MR) is 60.7 cm³/mol. The Morgan fingerprint density at radius 2 is 2.47 bits per heavy atom. The van der Waals surface area contributed by atoms with Crippen LogP contribution in [-0.4, -0.2) is 48.0 Å². The van der Waals surface area contributed by atoms with Gasteiger partial charge in [0.25, 0.3) is 0 Å². The number of thioether (sulfide) groups is 1. The second-order valence-electron chi connectivity index (χ2n) is 3.63. The second kappa shape index (κ2) is 5.97.